The van der Waals surface area contributed by atoms with Crippen LogP contribution in [0.4, 0.5) is 11.4 Å². The van der Waals surface area contributed by atoms with E-state index in [-0.39, 0.29) is 44.3 Å². The third-order valence-electron chi connectivity index (χ3n) is 7.84. The van der Waals surface area contributed by atoms with Gasteiger partial charge in [-0.1, -0.05) is 71.7 Å². The van der Waals surface area contributed by atoms with E-state index in [9.17, 15) is 19.2 Å². The number of carbonyl (C=O) groups excluding carboxylic acids is 4. The van der Waals surface area contributed by atoms with Gasteiger partial charge in [0.2, 0.25) is 0 Å². The first-order valence-corrected chi connectivity index (χ1v) is 16.8. The molecule has 12 heteroatoms. The van der Waals surface area contributed by atoms with Gasteiger partial charge in [0.05, 0.1) is 32.3 Å². The number of nitrogens with two attached hydrogens (primary N) is 4. The van der Waals surface area contributed by atoms with E-state index in [0.717, 1.165) is 32.4 Å². The molecule has 10 nitrogen and oxygen atoms in total. The Morgan fingerprint density at radius 1 is 0.429 bits per heavy atom. The van der Waals surface area contributed by atoms with Crippen LogP contribution in [0.15, 0.2) is 72.8 Å². The molecule has 4 aromatic rings. The predicted molar refractivity (Wildman–Crippen MR) is 197 cm³/mol. The van der Waals surface area contributed by atoms with Gasteiger partial charge >= 0.3 is 0 Å². The lowest BCUT2D eigenvalue weighted by molar-refractivity contribution is 0.0979. The summed E-state index contributed by atoms with van der Waals surface area (Å²) in [7, 11) is 0. The normalized spacial score (nSPS) is 12.4. The van der Waals surface area contributed by atoms with Crippen LogP contribution in [0.3, 0.4) is 0 Å². The first-order chi connectivity index (χ1) is 23.7. The van der Waals surface area contributed by atoms with Crippen molar-refractivity contribution in [1.82, 2.24) is 0 Å². The lowest BCUT2D eigenvalue weighted by Gasteiger charge is -2.23. The van der Waals surface area contributed by atoms with Crippen molar-refractivity contribution in [2.45, 2.75) is 19.3 Å². The van der Waals surface area contributed by atoms with Crippen LogP contribution >= 0.6 is 23.2 Å². The number of hydrogen-bond acceptors (Lipinski definition) is 10. The van der Waals surface area contributed by atoms with Crippen molar-refractivity contribution in [3.8, 4) is 0 Å². The molecule has 10 N–H and O–H groups in total. The maximum Gasteiger partial charge on any atom is 0.198 e. The van der Waals surface area contributed by atoms with E-state index >= 15 is 0 Å². The zero-order valence-electron chi connectivity index (χ0n) is 27.0. The van der Waals surface area contributed by atoms with Crippen LogP contribution in [0.2, 0.25) is 10.0 Å². The van der Waals surface area contributed by atoms with Crippen molar-refractivity contribution in [2.24, 2.45) is 22.9 Å². The van der Waals surface area contributed by atoms with Crippen LogP contribution in [-0.2, 0) is 0 Å². The van der Waals surface area contributed by atoms with E-state index in [1.807, 2.05) is 12.1 Å². The summed E-state index contributed by atoms with van der Waals surface area (Å²) < 4.78 is 0. The van der Waals surface area contributed by atoms with E-state index in [1.165, 1.54) is 0 Å². The molecule has 0 heterocycles. The maximum atomic E-state index is 13.3. The molecule has 0 saturated carbocycles. The van der Waals surface area contributed by atoms with Crippen LogP contribution in [-0.4, -0.2) is 62.4 Å². The third-order valence-corrected chi connectivity index (χ3v) is 8.47. The molecule has 0 amide bonds. The fourth-order valence-corrected chi connectivity index (χ4v) is 5.98. The van der Waals surface area contributed by atoms with E-state index < -0.39 is 0 Å². The van der Waals surface area contributed by atoms with Crippen molar-refractivity contribution in [3.05, 3.63) is 127 Å². The van der Waals surface area contributed by atoms with Crippen LogP contribution < -0.4 is 33.6 Å². The van der Waals surface area contributed by atoms with Gasteiger partial charge in [0.1, 0.15) is 0 Å². The van der Waals surface area contributed by atoms with E-state index in [4.69, 9.17) is 46.1 Å². The quantitative estimate of drug-likeness (QED) is 0.105. The zero-order chi connectivity index (χ0) is 35.5. The first kappa shape index (κ1) is 37.4. The minimum atomic E-state index is -0.296. The largest absolute Gasteiger partial charge is 0.384 e. The first-order valence-electron chi connectivity index (χ1n) is 16.0. The molecule has 49 heavy (non-hydrogen) atoms. The highest BCUT2D eigenvalue weighted by Crippen LogP contribution is 2.36. The fourth-order valence-electron chi connectivity index (χ4n) is 5.46. The van der Waals surface area contributed by atoms with E-state index in [0.29, 0.717) is 70.9 Å². The standard InChI is InChI=1S/C20H24N4O2.C14H6Cl2O2.C3H10N2/c21-9-3-11-23-15-7-1-5-13-17(15)20(26)18-14(19(13)25)6-2-8-16(18)24-12-4-10-22;15-9-5-1-3-7-11(9)14(18)12-8(13(7)17)4-2-6-10(12)16;4-2-1-3-5/h1-2,5-8,23-24H,3-4,9-12,21-22H2;1-6H;1-5H2. The summed E-state index contributed by atoms with van der Waals surface area (Å²) in [5.41, 5.74) is 25.5. The molecule has 0 unspecified atom stereocenters. The molecule has 4 aromatic carbocycles. The van der Waals surface area contributed by atoms with Gasteiger partial charge in [0, 0.05) is 46.7 Å². The summed E-state index contributed by atoms with van der Waals surface area (Å²) >= 11 is 12.0. The van der Waals surface area contributed by atoms with Gasteiger partial charge in [-0.25, -0.2) is 0 Å². The van der Waals surface area contributed by atoms with Crippen molar-refractivity contribution >= 4 is 57.7 Å². The summed E-state index contributed by atoms with van der Waals surface area (Å²) in [6.07, 6.45) is 2.52. The maximum absolute atomic E-state index is 13.3. The Kier molecular flexibility index (Phi) is 13.6. The summed E-state index contributed by atoms with van der Waals surface area (Å²) in [5, 5.41) is 7.02. The van der Waals surface area contributed by atoms with Crippen LogP contribution in [0.5, 0.6) is 0 Å². The smallest absolute Gasteiger partial charge is 0.198 e. The van der Waals surface area contributed by atoms with Crippen molar-refractivity contribution in [3.63, 3.8) is 0 Å². The summed E-state index contributed by atoms with van der Waals surface area (Å²) in [6.45, 7) is 3.86. The van der Waals surface area contributed by atoms with E-state index in [2.05, 4.69) is 10.6 Å². The van der Waals surface area contributed by atoms with Crippen molar-refractivity contribution in [1.29, 1.82) is 0 Å². The SMILES string of the molecule is NCCCN.NCCCNc1cccc2c1C(=O)c1c(NCCCN)cccc1C2=O.O=C1c2cccc(Cl)c2C(=O)c2c(Cl)cccc21. The third kappa shape index (κ3) is 8.25. The van der Waals surface area contributed by atoms with Gasteiger partial charge in [-0.15, -0.1) is 0 Å². The predicted octanol–water partition coefficient (Wildman–Crippen LogP) is 5.05. The molecule has 0 aliphatic heterocycles. The Morgan fingerprint density at radius 3 is 1.10 bits per heavy atom. The Morgan fingerprint density at radius 2 is 0.755 bits per heavy atom. The second-order valence-corrected chi connectivity index (χ2v) is 12.0. The van der Waals surface area contributed by atoms with Crippen LogP contribution in [0.25, 0.3) is 0 Å². The Hall–Kier alpha value is -4.42. The second kappa shape index (κ2) is 17.8. The lowest BCUT2D eigenvalue weighted by Crippen LogP contribution is -2.24. The number of carbonyl (C=O) groups is 4. The summed E-state index contributed by atoms with van der Waals surface area (Å²) in [4.78, 5) is 50.9. The molecular weight excluding hydrogens is 663 g/mol. The van der Waals surface area contributed by atoms with Crippen LogP contribution in [0, 0.1) is 0 Å². The number of rotatable bonds is 10. The molecule has 0 atom stereocenters. The number of ketones is 4. The average Bonchev–Trinajstić information content (AvgIpc) is 3.10. The summed E-state index contributed by atoms with van der Waals surface area (Å²) in [6, 6.07) is 20.4. The molecule has 2 aliphatic rings. The highest BCUT2D eigenvalue weighted by molar-refractivity contribution is 6.42. The monoisotopic (exact) mass is 702 g/mol. The highest BCUT2D eigenvalue weighted by Gasteiger charge is 2.34. The number of halogens is 2. The molecule has 0 fully saturated rings. The van der Waals surface area contributed by atoms with Crippen LogP contribution in [0.1, 0.15) is 82.9 Å². The Labute approximate surface area is 295 Å². The zero-order valence-corrected chi connectivity index (χ0v) is 28.5. The number of nitrogens with one attached hydrogen (secondary N) is 2. The molecule has 6 rings (SSSR count). The molecule has 0 bridgehead atoms. The minimum Gasteiger partial charge on any atom is -0.384 e. The molecule has 0 radical (unpaired) electrons. The van der Waals surface area contributed by atoms with Gasteiger partial charge in [-0.2, -0.15) is 0 Å². The summed E-state index contributed by atoms with van der Waals surface area (Å²) in [5.74, 6) is -0.777. The number of benzene rings is 4. The van der Waals surface area contributed by atoms with Gasteiger partial charge in [0.25, 0.3) is 0 Å². The molecular formula is C37H40Cl2N6O4. The molecule has 0 aromatic heterocycles. The van der Waals surface area contributed by atoms with Crippen molar-refractivity contribution in [2.75, 3.05) is 49.9 Å². The second-order valence-electron chi connectivity index (χ2n) is 11.2. The molecule has 0 saturated heterocycles. The van der Waals surface area contributed by atoms with Gasteiger partial charge < -0.3 is 33.6 Å². The Bertz CT molecular complexity index is 1740. The lowest BCUT2D eigenvalue weighted by atomic mass is 9.82. The highest BCUT2D eigenvalue weighted by atomic mass is 35.5. The molecule has 2 aliphatic carbocycles. The van der Waals surface area contributed by atoms with E-state index in [1.54, 1.807) is 60.7 Å². The number of fused-ring (bicyclic) bond motifs is 4. The van der Waals surface area contributed by atoms with Crippen molar-refractivity contribution < 1.29 is 19.2 Å². The van der Waals surface area contributed by atoms with Gasteiger partial charge in [0.15, 0.2) is 23.1 Å². The molecule has 256 valence electrons. The average molecular weight is 704 g/mol. The van der Waals surface area contributed by atoms with Gasteiger partial charge in [-0.3, -0.25) is 19.2 Å². The van der Waals surface area contributed by atoms with Gasteiger partial charge in [-0.05, 0) is 69.7 Å². The Balaban J connectivity index is 0.000000203. The molecule has 0 spiro atoms. The number of anilines is 2. The topological polar surface area (TPSA) is 196 Å². The minimum absolute atomic E-state index is 0.125. The number of hydrogen-bond donors (Lipinski definition) is 6. The fraction of sp³-hybridized carbons (Fsp3) is 0.243.